The SMILES string of the molecule is Cc1nonc1CC(=O)Nc1ncc(-c2ccc(Cl)cc2)[nH]1. The fraction of sp³-hybridized carbons (Fsp3) is 0.143. The molecule has 0 spiro atoms. The summed E-state index contributed by atoms with van der Waals surface area (Å²) in [6.45, 7) is 1.73. The number of aryl methyl sites for hydroxylation is 1. The fourth-order valence-electron chi connectivity index (χ4n) is 1.90. The van der Waals surface area contributed by atoms with Crippen molar-refractivity contribution in [2.24, 2.45) is 0 Å². The molecule has 2 N–H and O–H groups in total. The lowest BCUT2D eigenvalue weighted by Crippen LogP contribution is -2.16. The number of carbonyl (C=O) groups is 1. The van der Waals surface area contributed by atoms with Crippen LogP contribution in [0.4, 0.5) is 5.95 Å². The normalized spacial score (nSPS) is 10.6. The van der Waals surface area contributed by atoms with E-state index in [4.69, 9.17) is 11.6 Å². The van der Waals surface area contributed by atoms with Gasteiger partial charge in [0, 0.05) is 5.02 Å². The molecule has 0 saturated heterocycles. The molecule has 0 bridgehead atoms. The fourth-order valence-corrected chi connectivity index (χ4v) is 2.03. The molecule has 0 fully saturated rings. The topological polar surface area (TPSA) is 96.7 Å². The van der Waals surface area contributed by atoms with Crippen LogP contribution in [0.3, 0.4) is 0 Å². The number of halogens is 1. The van der Waals surface area contributed by atoms with E-state index in [1.807, 2.05) is 12.1 Å². The first kappa shape index (κ1) is 14.3. The van der Waals surface area contributed by atoms with Crippen molar-refractivity contribution in [1.82, 2.24) is 20.3 Å². The van der Waals surface area contributed by atoms with Crippen LogP contribution in [0.1, 0.15) is 11.4 Å². The maximum Gasteiger partial charge on any atom is 0.232 e. The summed E-state index contributed by atoms with van der Waals surface area (Å²) in [5.41, 5.74) is 2.80. The number of rotatable bonds is 4. The quantitative estimate of drug-likeness (QED) is 0.771. The van der Waals surface area contributed by atoms with Crippen LogP contribution in [0.5, 0.6) is 0 Å². The van der Waals surface area contributed by atoms with Gasteiger partial charge in [-0.2, -0.15) is 0 Å². The molecule has 3 rings (SSSR count). The highest BCUT2D eigenvalue weighted by Crippen LogP contribution is 2.20. The molecule has 0 aliphatic rings. The minimum atomic E-state index is -0.254. The van der Waals surface area contributed by atoms with Crippen molar-refractivity contribution in [3.8, 4) is 11.3 Å². The van der Waals surface area contributed by atoms with Gasteiger partial charge in [-0.15, -0.1) is 0 Å². The third kappa shape index (κ3) is 3.15. The standard InChI is InChI=1S/C14H12ClN5O2/c1-8-11(20-22-19-8)6-13(21)18-14-16-7-12(17-14)9-2-4-10(15)5-3-9/h2-5,7H,6H2,1H3,(H2,16,17,18,21). The molecule has 1 amide bonds. The predicted molar refractivity (Wildman–Crippen MR) is 80.4 cm³/mol. The molecule has 0 unspecified atom stereocenters. The van der Waals surface area contributed by atoms with Crippen LogP contribution in [-0.2, 0) is 11.2 Å². The number of amides is 1. The zero-order valence-corrected chi connectivity index (χ0v) is 12.4. The van der Waals surface area contributed by atoms with Gasteiger partial charge in [-0.05, 0) is 24.6 Å². The Kier molecular flexibility index (Phi) is 3.88. The van der Waals surface area contributed by atoms with Crippen LogP contribution in [0.2, 0.25) is 5.02 Å². The number of aromatic amines is 1. The van der Waals surface area contributed by atoms with Crippen molar-refractivity contribution in [1.29, 1.82) is 0 Å². The van der Waals surface area contributed by atoms with E-state index in [-0.39, 0.29) is 12.3 Å². The maximum atomic E-state index is 11.9. The lowest BCUT2D eigenvalue weighted by molar-refractivity contribution is -0.115. The Hall–Kier alpha value is -2.67. The summed E-state index contributed by atoms with van der Waals surface area (Å²) in [4.78, 5) is 19.1. The molecular weight excluding hydrogens is 306 g/mol. The number of hydrogen-bond donors (Lipinski definition) is 2. The second-order valence-electron chi connectivity index (χ2n) is 4.67. The van der Waals surface area contributed by atoms with E-state index in [1.165, 1.54) is 0 Å². The van der Waals surface area contributed by atoms with Crippen molar-refractivity contribution in [2.45, 2.75) is 13.3 Å². The van der Waals surface area contributed by atoms with Crippen molar-refractivity contribution in [3.05, 3.63) is 46.9 Å². The molecule has 112 valence electrons. The van der Waals surface area contributed by atoms with Gasteiger partial charge < -0.3 is 4.98 Å². The number of carbonyl (C=O) groups excluding carboxylic acids is 1. The molecule has 0 saturated carbocycles. The average molecular weight is 318 g/mol. The predicted octanol–water partition coefficient (Wildman–Crippen LogP) is 2.60. The molecule has 0 atom stereocenters. The van der Waals surface area contributed by atoms with Crippen LogP contribution in [0.15, 0.2) is 35.1 Å². The molecule has 7 nitrogen and oxygen atoms in total. The van der Waals surface area contributed by atoms with Gasteiger partial charge in [-0.3, -0.25) is 10.1 Å². The number of nitrogens with one attached hydrogen (secondary N) is 2. The van der Waals surface area contributed by atoms with Gasteiger partial charge in [0.25, 0.3) is 0 Å². The third-order valence-electron chi connectivity index (χ3n) is 3.06. The molecule has 22 heavy (non-hydrogen) atoms. The number of nitrogens with zero attached hydrogens (tertiary/aromatic N) is 3. The first-order valence-electron chi connectivity index (χ1n) is 6.50. The number of anilines is 1. The number of H-pyrrole nitrogens is 1. The van der Waals surface area contributed by atoms with E-state index < -0.39 is 0 Å². The lowest BCUT2D eigenvalue weighted by Gasteiger charge is -2.00. The molecule has 0 aliphatic carbocycles. The first-order valence-corrected chi connectivity index (χ1v) is 6.88. The molecule has 1 aromatic carbocycles. The Morgan fingerprint density at radius 1 is 1.32 bits per heavy atom. The van der Waals surface area contributed by atoms with Gasteiger partial charge in [0.05, 0.1) is 18.3 Å². The van der Waals surface area contributed by atoms with Crippen LogP contribution >= 0.6 is 11.6 Å². The highest BCUT2D eigenvalue weighted by molar-refractivity contribution is 6.30. The minimum absolute atomic E-state index is 0.0757. The number of hydrogen-bond acceptors (Lipinski definition) is 5. The van der Waals surface area contributed by atoms with Crippen LogP contribution < -0.4 is 5.32 Å². The minimum Gasteiger partial charge on any atom is -0.324 e. The Labute approximate surface area is 130 Å². The van der Waals surface area contributed by atoms with E-state index >= 15 is 0 Å². The number of benzene rings is 1. The van der Waals surface area contributed by atoms with Crippen LogP contribution in [-0.4, -0.2) is 26.2 Å². The number of aromatic nitrogens is 4. The first-order chi connectivity index (χ1) is 10.6. The maximum absolute atomic E-state index is 11.9. The van der Waals surface area contributed by atoms with E-state index in [0.717, 1.165) is 11.3 Å². The Balaban J connectivity index is 1.68. The summed E-state index contributed by atoms with van der Waals surface area (Å²) in [6.07, 6.45) is 1.72. The molecule has 3 aromatic rings. The molecular formula is C14H12ClN5O2. The van der Waals surface area contributed by atoms with Gasteiger partial charge in [0.2, 0.25) is 11.9 Å². The van der Waals surface area contributed by atoms with Crippen molar-refractivity contribution in [2.75, 3.05) is 5.32 Å². The largest absolute Gasteiger partial charge is 0.324 e. The van der Waals surface area contributed by atoms with Crippen LogP contribution in [0.25, 0.3) is 11.3 Å². The van der Waals surface area contributed by atoms with E-state index in [2.05, 4.69) is 30.2 Å². The van der Waals surface area contributed by atoms with E-state index in [0.29, 0.717) is 22.4 Å². The summed E-state index contributed by atoms with van der Waals surface area (Å²) in [5, 5.41) is 10.6. The van der Waals surface area contributed by atoms with Gasteiger partial charge in [-0.25, -0.2) is 9.61 Å². The monoisotopic (exact) mass is 317 g/mol. The molecule has 0 radical (unpaired) electrons. The highest BCUT2D eigenvalue weighted by Gasteiger charge is 2.12. The number of imidazole rings is 1. The van der Waals surface area contributed by atoms with E-state index in [1.54, 1.807) is 25.3 Å². The zero-order valence-electron chi connectivity index (χ0n) is 11.6. The molecule has 8 heteroatoms. The van der Waals surface area contributed by atoms with Crippen molar-refractivity contribution in [3.63, 3.8) is 0 Å². The van der Waals surface area contributed by atoms with Gasteiger partial charge in [0.15, 0.2) is 0 Å². The van der Waals surface area contributed by atoms with Crippen LogP contribution in [0, 0.1) is 6.92 Å². The second kappa shape index (κ2) is 5.98. The Morgan fingerprint density at radius 3 is 2.77 bits per heavy atom. The Morgan fingerprint density at radius 2 is 2.09 bits per heavy atom. The zero-order chi connectivity index (χ0) is 15.5. The highest BCUT2D eigenvalue weighted by atomic mass is 35.5. The molecule has 2 heterocycles. The second-order valence-corrected chi connectivity index (χ2v) is 5.11. The summed E-state index contributed by atoms with van der Waals surface area (Å²) in [6, 6.07) is 7.31. The smallest absolute Gasteiger partial charge is 0.232 e. The third-order valence-corrected chi connectivity index (χ3v) is 3.32. The average Bonchev–Trinajstić information content (AvgIpc) is 3.10. The van der Waals surface area contributed by atoms with Crippen molar-refractivity contribution >= 4 is 23.5 Å². The van der Waals surface area contributed by atoms with Gasteiger partial charge in [-0.1, -0.05) is 34.0 Å². The summed E-state index contributed by atoms with van der Waals surface area (Å²) < 4.78 is 4.55. The van der Waals surface area contributed by atoms with Crippen molar-refractivity contribution < 1.29 is 9.42 Å². The lowest BCUT2D eigenvalue weighted by atomic mass is 10.2. The van der Waals surface area contributed by atoms with Gasteiger partial charge >= 0.3 is 0 Å². The Bertz CT molecular complexity index is 794. The molecule has 0 aliphatic heterocycles. The van der Waals surface area contributed by atoms with E-state index in [9.17, 15) is 4.79 Å². The summed E-state index contributed by atoms with van der Waals surface area (Å²) >= 11 is 5.85. The molecule has 2 aromatic heterocycles. The van der Waals surface area contributed by atoms with Gasteiger partial charge in [0.1, 0.15) is 11.4 Å². The summed E-state index contributed by atoms with van der Waals surface area (Å²) in [5.74, 6) is 0.111. The summed E-state index contributed by atoms with van der Waals surface area (Å²) in [7, 11) is 0.